The van der Waals surface area contributed by atoms with Crippen molar-refractivity contribution in [2.45, 2.75) is 0 Å². The third kappa shape index (κ3) is 3.63. The summed E-state index contributed by atoms with van der Waals surface area (Å²) in [7, 11) is 0. The second-order valence-electron chi connectivity index (χ2n) is 4.91. The molecule has 0 unspecified atom stereocenters. The number of carbonyl (C=O) groups is 1. The molecule has 0 aliphatic carbocycles. The number of hydrogen-bond acceptors (Lipinski definition) is 4. The Kier molecular flexibility index (Phi) is 4.92. The molecule has 1 aromatic heterocycles. The topological polar surface area (TPSA) is 74.6 Å². The van der Waals surface area contributed by atoms with Gasteiger partial charge in [0.15, 0.2) is 0 Å². The molecule has 0 saturated carbocycles. The standard InChI is InChI=1S/C17H11Br2N3O2/c18-12-7-11(16(23)13(19)8-12)9-20-22-17(24)15-6-5-10-3-1-2-4-14(10)21-15/h1-9,23H,(H,22,24). The highest BCUT2D eigenvalue weighted by Crippen LogP contribution is 2.30. The normalized spacial score (nSPS) is 11.1. The van der Waals surface area contributed by atoms with Crippen LogP contribution in [0.15, 0.2) is 62.6 Å². The Balaban J connectivity index is 1.77. The molecule has 0 atom stereocenters. The van der Waals surface area contributed by atoms with Crippen molar-refractivity contribution < 1.29 is 9.90 Å². The van der Waals surface area contributed by atoms with Gasteiger partial charge in [0.25, 0.3) is 5.91 Å². The number of carbonyl (C=O) groups excluding carboxylic acids is 1. The van der Waals surface area contributed by atoms with Crippen LogP contribution in [0.3, 0.4) is 0 Å². The van der Waals surface area contributed by atoms with E-state index in [0.717, 1.165) is 15.4 Å². The molecular formula is C17H11Br2N3O2. The maximum atomic E-state index is 12.1. The summed E-state index contributed by atoms with van der Waals surface area (Å²) in [6.45, 7) is 0. The molecule has 1 heterocycles. The maximum absolute atomic E-state index is 12.1. The first-order chi connectivity index (χ1) is 11.5. The number of rotatable bonds is 3. The lowest BCUT2D eigenvalue weighted by Crippen LogP contribution is -2.18. The van der Waals surface area contributed by atoms with Crippen LogP contribution in [0.2, 0.25) is 0 Å². The smallest absolute Gasteiger partial charge is 0.289 e. The van der Waals surface area contributed by atoms with E-state index in [-0.39, 0.29) is 11.4 Å². The fourth-order valence-corrected chi connectivity index (χ4v) is 3.35. The SMILES string of the molecule is O=C(NN=Cc1cc(Br)cc(Br)c1O)c1ccc2ccccc2n1. The van der Waals surface area contributed by atoms with Crippen molar-refractivity contribution in [2.24, 2.45) is 5.10 Å². The van der Waals surface area contributed by atoms with Crippen molar-refractivity contribution in [3.8, 4) is 5.75 Å². The van der Waals surface area contributed by atoms with Gasteiger partial charge in [0.1, 0.15) is 11.4 Å². The van der Waals surface area contributed by atoms with E-state index in [1.165, 1.54) is 6.21 Å². The number of fused-ring (bicyclic) bond motifs is 1. The van der Waals surface area contributed by atoms with Crippen LogP contribution in [0.1, 0.15) is 16.1 Å². The van der Waals surface area contributed by atoms with E-state index in [2.05, 4.69) is 47.4 Å². The van der Waals surface area contributed by atoms with Crippen LogP contribution >= 0.6 is 31.9 Å². The van der Waals surface area contributed by atoms with Crippen molar-refractivity contribution in [3.63, 3.8) is 0 Å². The summed E-state index contributed by atoms with van der Waals surface area (Å²) in [6, 6.07) is 14.4. The van der Waals surface area contributed by atoms with Gasteiger partial charge < -0.3 is 5.11 Å². The number of hydrazone groups is 1. The monoisotopic (exact) mass is 447 g/mol. The van der Waals surface area contributed by atoms with Crippen LogP contribution in [-0.2, 0) is 0 Å². The summed E-state index contributed by atoms with van der Waals surface area (Å²) in [5, 5.41) is 14.8. The first-order valence-electron chi connectivity index (χ1n) is 6.92. The molecule has 120 valence electrons. The molecule has 1 amide bonds. The molecule has 0 aliphatic heterocycles. The van der Waals surface area contributed by atoms with E-state index >= 15 is 0 Å². The van der Waals surface area contributed by atoms with Crippen molar-refractivity contribution in [2.75, 3.05) is 0 Å². The Labute approximate surface area is 154 Å². The van der Waals surface area contributed by atoms with E-state index in [0.29, 0.717) is 10.0 Å². The highest BCUT2D eigenvalue weighted by atomic mass is 79.9. The van der Waals surface area contributed by atoms with Gasteiger partial charge in [-0.3, -0.25) is 4.79 Å². The minimum atomic E-state index is -0.425. The third-order valence-corrected chi connectivity index (χ3v) is 4.32. The van der Waals surface area contributed by atoms with Crippen LogP contribution in [0.4, 0.5) is 0 Å². The number of para-hydroxylation sites is 1. The van der Waals surface area contributed by atoms with Crippen LogP contribution in [0, 0.1) is 0 Å². The molecule has 3 aromatic rings. The van der Waals surface area contributed by atoms with Gasteiger partial charge in [0.05, 0.1) is 16.2 Å². The van der Waals surface area contributed by atoms with Gasteiger partial charge in [-0.2, -0.15) is 5.10 Å². The number of halogens is 2. The average molecular weight is 449 g/mol. The van der Waals surface area contributed by atoms with Crippen LogP contribution in [0.5, 0.6) is 5.75 Å². The number of phenols is 1. The average Bonchev–Trinajstić information content (AvgIpc) is 2.58. The Morgan fingerprint density at radius 1 is 1.17 bits per heavy atom. The first-order valence-corrected chi connectivity index (χ1v) is 8.50. The second kappa shape index (κ2) is 7.11. The Morgan fingerprint density at radius 3 is 2.79 bits per heavy atom. The number of amides is 1. The lowest BCUT2D eigenvalue weighted by Gasteiger charge is -2.04. The second-order valence-corrected chi connectivity index (χ2v) is 6.68. The summed E-state index contributed by atoms with van der Waals surface area (Å²) >= 11 is 6.57. The van der Waals surface area contributed by atoms with Crippen molar-refractivity contribution >= 4 is 54.9 Å². The number of nitrogens with zero attached hydrogens (tertiary/aromatic N) is 2. The van der Waals surface area contributed by atoms with Gasteiger partial charge in [-0.05, 0) is 40.2 Å². The predicted molar refractivity (Wildman–Crippen MR) is 100 cm³/mol. The maximum Gasteiger partial charge on any atom is 0.289 e. The Morgan fingerprint density at radius 2 is 1.96 bits per heavy atom. The fraction of sp³-hybridized carbons (Fsp3) is 0. The number of benzene rings is 2. The zero-order valence-corrected chi connectivity index (χ0v) is 15.4. The highest BCUT2D eigenvalue weighted by Gasteiger charge is 2.08. The number of hydrogen-bond donors (Lipinski definition) is 2. The molecule has 5 nitrogen and oxygen atoms in total. The van der Waals surface area contributed by atoms with E-state index in [4.69, 9.17) is 0 Å². The van der Waals surface area contributed by atoms with Gasteiger partial charge in [0, 0.05) is 15.4 Å². The van der Waals surface area contributed by atoms with Crippen LogP contribution < -0.4 is 5.43 Å². The molecule has 24 heavy (non-hydrogen) atoms. The van der Waals surface area contributed by atoms with E-state index in [1.54, 1.807) is 18.2 Å². The number of aromatic hydroxyl groups is 1. The van der Waals surface area contributed by atoms with Gasteiger partial charge in [0.2, 0.25) is 0 Å². The summed E-state index contributed by atoms with van der Waals surface area (Å²) in [6.07, 6.45) is 1.36. The fourth-order valence-electron chi connectivity index (χ4n) is 2.09. The minimum absolute atomic E-state index is 0.0417. The number of pyridine rings is 1. The summed E-state index contributed by atoms with van der Waals surface area (Å²) in [5.41, 5.74) is 3.87. The minimum Gasteiger partial charge on any atom is -0.506 e. The lowest BCUT2D eigenvalue weighted by molar-refractivity contribution is 0.0950. The molecule has 3 rings (SSSR count). The predicted octanol–water partition coefficient (Wildman–Crippen LogP) is 4.23. The Bertz CT molecular complexity index is 958. The molecule has 0 spiro atoms. The van der Waals surface area contributed by atoms with Gasteiger partial charge in [-0.1, -0.05) is 40.2 Å². The molecule has 0 radical (unpaired) electrons. The molecule has 2 aromatic carbocycles. The molecule has 2 N–H and O–H groups in total. The van der Waals surface area contributed by atoms with Gasteiger partial charge in [-0.15, -0.1) is 0 Å². The summed E-state index contributed by atoms with van der Waals surface area (Å²) < 4.78 is 1.30. The number of aromatic nitrogens is 1. The zero-order chi connectivity index (χ0) is 17.1. The molecule has 0 saturated heterocycles. The highest BCUT2D eigenvalue weighted by molar-refractivity contribution is 9.11. The number of nitrogens with one attached hydrogen (secondary N) is 1. The van der Waals surface area contributed by atoms with Gasteiger partial charge >= 0.3 is 0 Å². The molecule has 0 fully saturated rings. The van der Waals surface area contributed by atoms with Crippen molar-refractivity contribution in [1.82, 2.24) is 10.4 Å². The lowest BCUT2D eigenvalue weighted by atomic mass is 10.2. The van der Waals surface area contributed by atoms with Crippen LogP contribution in [-0.4, -0.2) is 22.2 Å². The summed E-state index contributed by atoms with van der Waals surface area (Å²) in [4.78, 5) is 16.4. The molecule has 0 aliphatic rings. The largest absolute Gasteiger partial charge is 0.506 e. The van der Waals surface area contributed by atoms with Crippen molar-refractivity contribution in [1.29, 1.82) is 0 Å². The van der Waals surface area contributed by atoms with Crippen molar-refractivity contribution in [3.05, 3.63) is 68.7 Å². The van der Waals surface area contributed by atoms with E-state index < -0.39 is 5.91 Å². The van der Waals surface area contributed by atoms with Crippen LogP contribution in [0.25, 0.3) is 10.9 Å². The molecule has 0 bridgehead atoms. The molecule has 7 heteroatoms. The van der Waals surface area contributed by atoms with E-state index in [9.17, 15) is 9.90 Å². The molecular weight excluding hydrogens is 438 g/mol. The van der Waals surface area contributed by atoms with E-state index in [1.807, 2.05) is 30.3 Å². The Hall–Kier alpha value is -2.25. The first kappa shape index (κ1) is 16.6. The van der Waals surface area contributed by atoms with Gasteiger partial charge in [-0.25, -0.2) is 10.4 Å². The number of phenolic OH excluding ortho intramolecular Hbond substituents is 1. The quantitative estimate of drug-likeness (QED) is 0.465. The zero-order valence-electron chi connectivity index (χ0n) is 12.2. The third-order valence-electron chi connectivity index (χ3n) is 3.26. The summed E-state index contributed by atoms with van der Waals surface area (Å²) in [5.74, 6) is -0.384.